The minimum absolute atomic E-state index is 0.100. The van der Waals surface area contributed by atoms with Gasteiger partial charge in [-0.25, -0.2) is 0 Å². The van der Waals surface area contributed by atoms with Crippen molar-refractivity contribution in [2.24, 2.45) is 5.92 Å². The number of hydrogen-bond donors (Lipinski definition) is 1. The van der Waals surface area contributed by atoms with Gasteiger partial charge < -0.3 is 10.2 Å². The maximum absolute atomic E-state index is 12.9. The van der Waals surface area contributed by atoms with Gasteiger partial charge in [-0.1, -0.05) is 48.5 Å². The number of carbonyl (C=O) groups excluding carboxylic acids is 2. The van der Waals surface area contributed by atoms with Crippen molar-refractivity contribution in [1.29, 1.82) is 0 Å². The highest BCUT2D eigenvalue weighted by Crippen LogP contribution is 2.35. The fourth-order valence-electron chi connectivity index (χ4n) is 3.42. The molecule has 0 heterocycles. The summed E-state index contributed by atoms with van der Waals surface area (Å²) in [7, 11) is 0. The first kappa shape index (κ1) is 19.2. The Bertz CT molecular complexity index is 784. The van der Waals surface area contributed by atoms with E-state index in [1.54, 1.807) is 0 Å². The van der Waals surface area contributed by atoms with Crippen molar-refractivity contribution >= 4 is 11.8 Å². The first-order valence-electron chi connectivity index (χ1n) is 9.73. The first-order chi connectivity index (χ1) is 13.1. The van der Waals surface area contributed by atoms with Crippen LogP contribution in [0.3, 0.4) is 0 Å². The molecule has 0 bridgehead atoms. The second-order valence-corrected chi connectivity index (χ2v) is 7.41. The summed E-state index contributed by atoms with van der Waals surface area (Å²) in [6.45, 7) is 5.04. The fraction of sp³-hybridized carbons (Fsp3) is 0.391. The van der Waals surface area contributed by atoms with Crippen LogP contribution in [0.25, 0.3) is 0 Å². The summed E-state index contributed by atoms with van der Waals surface area (Å²) in [6, 6.07) is 17.8. The predicted molar refractivity (Wildman–Crippen MR) is 107 cm³/mol. The van der Waals surface area contributed by atoms with Gasteiger partial charge in [0, 0.05) is 31.1 Å². The van der Waals surface area contributed by atoms with E-state index in [-0.39, 0.29) is 17.9 Å². The van der Waals surface area contributed by atoms with Crippen LogP contribution in [0, 0.1) is 12.8 Å². The maximum Gasteiger partial charge on any atom is 0.251 e. The van der Waals surface area contributed by atoms with E-state index in [1.807, 2.05) is 54.3 Å². The third kappa shape index (κ3) is 5.19. The standard InChI is InChI=1S/C23H28N2O2/c1-17-8-6-7-11-21(17)23(27)24-15-14-22(26)25(18(2)20-12-13-20)16-19-9-4-3-5-10-19/h3-11,18,20H,12-16H2,1-2H3,(H,24,27). The molecule has 0 radical (unpaired) electrons. The molecule has 4 heteroatoms. The molecule has 1 unspecified atom stereocenters. The zero-order valence-electron chi connectivity index (χ0n) is 16.2. The van der Waals surface area contributed by atoms with E-state index >= 15 is 0 Å². The van der Waals surface area contributed by atoms with Crippen molar-refractivity contribution in [3.05, 3.63) is 71.3 Å². The monoisotopic (exact) mass is 364 g/mol. The minimum atomic E-state index is -0.120. The smallest absolute Gasteiger partial charge is 0.251 e. The summed E-state index contributed by atoms with van der Waals surface area (Å²) < 4.78 is 0. The molecule has 1 aliphatic carbocycles. The Hall–Kier alpha value is -2.62. The molecular formula is C23H28N2O2. The van der Waals surface area contributed by atoms with Crippen LogP contribution in [0.5, 0.6) is 0 Å². The first-order valence-corrected chi connectivity index (χ1v) is 9.73. The summed E-state index contributed by atoms with van der Waals surface area (Å²) in [6.07, 6.45) is 2.72. The van der Waals surface area contributed by atoms with Gasteiger partial charge in [-0.2, -0.15) is 0 Å². The lowest BCUT2D eigenvalue weighted by Gasteiger charge is -2.30. The SMILES string of the molecule is Cc1ccccc1C(=O)NCCC(=O)N(Cc1ccccc1)C(C)C1CC1. The Morgan fingerprint density at radius 2 is 1.74 bits per heavy atom. The zero-order chi connectivity index (χ0) is 19.2. The summed E-state index contributed by atoms with van der Waals surface area (Å²) in [5.41, 5.74) is 2.74. The van der Waals surface area contributed by atoms with Crippen LogP contribution in [0.4, 0.5) is 0 Å². The van der Waals surface area contributed by atoms with E-state index in [0.29, 0.717) is 31.0 Å². The molecule has 1 fully saturated rings. The van der Waals surface area contributed by atoms with Crippen molar-refractivity contribution < 1.29 is 9.59 Å². The van der Waals surface area contributed by atoms with Crippen molar-refractivity contribution in [2.75, 3.05) is 6.54 Å². The van der Waals surface area contributed by atoms with Gasteiger partial charge in [-0.15, -0.1) is 0 Å². The van der Waals surface area contributed by atoms with Gasteiger partial charge in [-0.3, -0.25) is 9.59 Å². The third-order valence-corrected chi connectivity index (χ3v) is 5.33. The largest absolute Gasteiger partial charge is 0.352 e. The van der Waals surface area contributed by atoms with Crippen LogP contribution >= 0.6 is 0 Å². The highest BCUT2D eigenvalue weighted by molar-refractivity contribution is 5.95. The summed E-state index contributed by atoms with van der Waals surface area (Å²) in [4.78, 5) is 27.2. The molecular weight excluding hydrogens is 336 g/mol. The van der Waals surface area contributed by atoms with E-state index in [2.05, 4.69) is 24.4 Å². The Morgan fingerprint density at radius 3 is 2.41 bits per heavy atom. The highest BCUT2D eigenvalue weighted by Gasteiger charge is 2.34. The minimum Gasteiger partial charge on any atom is -0.352 e. The van der Waals surface area contributed by atoms with Crippen molar-refractivity contribution in [2.45, 2.75) is 45.7 Å². The van der Waals surface area contributed by atoms with Crippen molar-refractivity contribution in [3.63, 3.8) is 0 Å². The quantitative estimate of drug-likeness (QED) is 0.771. The van der Waals surface area contributed by atoms with E-state index < -0.39 is 0 Å². The van der Waals surface area contributed by atoms with Gasteiger partial charge >= 0.3 is 0 Å². The molecule has 2 amide bonds. The molecule has 3 rings (SSSR count). The van der Waals surface area contributed by atoms with Crippen LogP contribution < -0.4 is 5.32 Å². The number of nitrogens with one attached hydrogen (secondary N) is 1. The summed E-state index contributed by atoms with van der Waals surface area (Å²) >= 11 is 0. The number of benzene rings is 2. The van der Waals surface area contributed by atoms with Gasteiger partial charge in [-0.05, 0) is 49.8 Å². The molecule has 1 atom stereocenters. The molecule has 0 spiro atoms. The number of aryl methyl sites for hydroxylation is 1. The summed E-state index contributed by atoms with van der Waals surface area (Å²) in [5.74, 6) is 0.591. The van der Waals surface area contributed by atoms with Crippen molar-refractivity contribution in [3.8, 4) is 0 Å². The van der Waals surface area contributed by atoms with Gasteiger partial charge in [0.05, 0.1) is 0 Å². The van der Waals surface area contributed by atoms with E-state index in [9.17, 15) is 9.59 Å². The van der Waals surface area contributed by atoms with Crippen LogP contribution in [-0.4, -0.2) is 29.3 Å². The highest BCUT2D eigenvalue weighted by atomic mass is 16.2. The summed E-state index contributed by atoms with van der Waals surface area (Å²) in [5, 5.41) is 2.89. The molecule has 1 aliphatic rings. The molecule has 2 aromatic rings. The van der Waals surface area contributed by atoms with Crippen LogP contribution in [-0.2, 0) is 11.3 Å². The molecule has 0 aromatic heterocycles. The predicted octanol–water partition coefficient (Wildman–Crippen LogP) is 3.94. The number of amides is 2. The number of hydrogen-bond acceptors (Lipinski definition) is 2. The van der Waals surface area contributed by atoms with Gasteiger partial charge in [0.15, 0.2) is 0 Å². The average molecular weight is 364 g/mol. The number of nitrogens with zero attached hydrogens (tertiary/aromatic N) is 1. The number of carbonyl (C=O) groups is 2. The molecule has 1 N–H and O–H groups in total. The maximum atomic E-state index is 12.9. The molecule has 1 saturated carbocycles. The Kier molecular flexibility index (Phi) is 6.28. The van der Waals surface area contributed by atoms with Gasteiger partial charge in [0.2, 0.25) is 5.91 Å². The van der Waals surface area contributed by atoms with Gasteiger partial charge in [0.1, 0.15) is 0 Å². The number of rotatable bonds is 8. The van der Waals surface area contributed by atoms with Gasteiger partial charge in [0.25, 0.3) is 5.91 Å². The molecule has 0 aliphatic heterocycles. The second kappa shape index (κ2) is 8.85. The molecule has 4 nitrogen and oxygen atoms in total. The van der Waals surface area contributed by atoms with Crippen LogP contribution in [0.15, 0.2) is 54.6 Å². The second-order valence-electron chi connectivity index (χ2n) is 7.41. The lowest BCUT2D eigenvalue weighted by atomic mass is 10.1. The Morgan fingerprint density at radius 1 is 1.07 bits per heavy atom. The third-order valence-electron chi connectivity index (χ3n) is 5.33. The fourth-order valence-corrected chi connectivity index (χ4v) is 3.42. The molecule has 142 valence electrons. The Labute approximate surface area is 161 Å². The van der Waals surface area contributed by atoms with Crippen LogP contribution in [0.2, 0.25) is 0 Å². The Balaban J connectivity index is 1.57. The molecule has 2 aromatic carbocycles. The average Bonchev–Trinajstić information content (AvgIpc) is 3.52. The lowest BCUT2D eigenvalue weighted by Crippen LogP contribution is -2.41. The van der Waals surface area contributed by atoms with E-state index in [1.165, 1.54) is 12.8 Å². The van der Waals surface area contributed by atoms with E-state index in [4.69, 9.17) is 0 Å². The zero-order valence-corrected chi connectivity index (χ0v) is 16.2. The van der Waals surface area contributed by atoms with Crippen molar-refractivity contribution in [1.82, 2.24) is 10.2 Å². The molecule has 0 saturated heterocycles. The molecule has 27 heavy (non-hydrogen) atoms. The lowest BCUT2D eigenvalue weighted by molar-refractivity contribution is -0.134. The van der Waals surface area contributed by atoms with E-state index in [0.717, 1.165) is 11.1 Å². The topological polar surface area (TPSA) is 49.4 Å². The normalized spacial score (nSPS) is 14.4. The van der Waals surface area contributed by atoms with Crippen LogP contribution in [0.1, 0.15) is 47.7 Å².